The summed E-state index contributed by atoms with van der Waals surface area (Å²) in [6.07, 6.45) is 0.662. The molecule has 0 atom stereocenters. The number of carbonyl (C=O) groups is 1. The molecule has 2 N–H and O–H groups in total. The molecular weight excluding hydrogens is 394 g/mol. The smallest absolute Gasteiger partial charge is 0.404 e. The lowest BCUT2D eigenvalue weighted by molar-refractivity contribution is 0.194. The molecule has 7 nitrogen and oxygen atoms in total. The number of pyridine rings is 2. The zero-order chi connectivity index (χ0) is 21.8. The molecule has 0 unspecified atom stereocenters. The van der Waals surface area contributed by atoms with Gasteiger partial charge in [0, 0.05) is 29.4 Å². The standard InChI is InChI=1S/C24H21N3O4/c1-16-7-10-23(28)27(14-16)19-8-9-21-20(12-19)22(11-18(26-21)13-25-24(29)30)31-15-17-5-3-2-4-6-17/h2-12,14,25H,13,15H2,1H3,(H,29,30). The summed E-state index contributed by atoms with van der Waals surface area (Å²) in [5.74, 6) is 0.568. The van der Waals surface area contributed by atoms with Crippen LogP contribution in [0.1, 0.15) is 16.8 Å². The van der Waals surface area contributed by atoms with Gasteiger partial charge in [-0.15, -0.1) is 0 Å². The number of nitrogens with one attached hydrogen (secondary N) is 1. The molecule has 0 spiro atoms. The van der Waals surface area contributed by atoms with Crippen molar-refractivity contribution in [1.29, 1.82) is 0 Å². The first kappa shape index (κ1) is 20.2. The summed E-state index contributed by atoms with van der Waals surface area (Å²) < 4.78 is 7.67. The molecule has 2 heterocycles. The van der Waals surface area contributed by atoms with Crippen molar-refractivity contribution in [1.82, 2.24) is 14.9 Å². The maximum Gasteiger partial charge on any atom is 0.404 e. The van der Waals surface area contributed by atoms with Gasteiger partial charge >= 0.3 is 6.09 Å². The van der Waals surface area contributed by atoms with Gasteiger partial charge in [-0.25, -0.2) is 4.79 Å². The van der Waals surface area contributed by atoms with E-state index in [0.717, 1.165) is 16.5 Å². The molecule has 2 aromatic heterocycles. The van der Waals surface area contributed by atoms with Crippen LogP contribution in [0.25, 0.3) is 16.6 Å². The molecule has 4 aromatic rings. The molecule has 7 heteroatoms. The Bertz CT molecular complexity index is 1300. The second kappa shape index (κ2) is 8.71. The van der Waals surface area contributed by atoms with Crippen molar-refractivity contribution in [3.63, 3.8) is 0 Å². The number of nitrogens with zero attached hydrogens (tertiary/aromatic N) is 2. The third-order valence-electron chi connectivity index (χ3n) is 4.80. The van der Waals surface area contributed by atoms with Crippen molar-refractivity contribution in [2.75, 3.05) is 0 Å². The molecule has 0 saturated heterocycles. The van der Waals surface area contributed by atoms with Gasteiger partial charge in [0.25, 0.3) is 5.56 Å². The van der Waals surface area contributed by atoms with Gasteiger partial charge in [-0.2, -0.15) is 0 Å². The second-order valence-electron chi connectivity index (χ2n) is 7.16. The van der Waals surface area contributed by atoms with Crippen LogP contribution in [0.4, 0.5) is 4.79 Å². The van der Waals surface area contributed by atoms with E-state index >= 15 is 0 Å². The van der Waals surface area contributed by atoms with Crippen LogP contribution < -0.4 is 15.6 Å². The lowest BCUT2D eigenvalue weighted by Gasteiger charge is -2.14. The fourth-order valence-electron chi connectivity index (χ4n) is 3.29. The third kappa shape index (κ3) is 4.72. The van der Waals surface area contributed by atoms with Gasteiger partial charge in [0.15, 0.2) is 0 Å². The molecular formula is C24H21N3O4. The Morgan fingerprint density at radius 3 is 2.68 bits per heavy atom. The van der Waals surface area contributed by atoms with Crippen LogP contribution in [-0.4, -0.2) is 20.8 Å². The lowest BCUT2D eigenvalue weighted by atomic mass is 10.1. The predicted molar refractivity (Wildman–Crippen MR) is 118 cm³/mol. The molecule has 0 aliphatic carbocycles. The zero-order valence-corrected chi connectivity index (χ0v) is 16.9. The fraction of sp³-hybridized carbons (Fsp3) is 0.125. The van der Waals surface area contributed by atoms with E-state index in [2.05, 4.69) is 10.3 Å². The van der Waals surface area contributed by atoms with E-state index in [-0.39, 0.29) is 12.1 Å². The lowest BCUT2D eigenvalue weighted by Crippen LogP contribution is -2.20. The Labute approximate surface area is 178 Å². The van der Waals surface area contributed by atoms with Crippen molar-refractivity contribution in [2.24, 2.45) is 0 Å². The van der Waals surface area contributed by atoms with Crippen molar-refractivity contribution >= 4 is 17.0 Å². The Balaban J connectivity index is 1.78. The minimum Gasteiger partial charge on any atom is -0.488 e. The van der Waals surface area contributed by atoms with E-state index in [9.17, 15) is 9.59 Å². The summed E-state index contributed by atoms with van der Waals surface area (Å²) in [4.78, 5) is 27.8. The largest absolute Gasteiger partial charge is 0.488 e. The first-order chi connectivity index (χ1) is 15.0. The molecule has 156 valence electrons. The van der Waals surface area contributed by atoms with E-state index in [1.807, 2.05) is 49.4 Å². The molecule has 2 aromatic carbocycles. The number of aryl methyl sites for hydroxylation is 1. The van der Waals surface area contributed by atoms with Gasteiger partial charge in [-0.05, 0) is 36.2 Å². The van der Waals surface area contributed by atoms with Crippen LogP contribution in [0.5, 0.6) is 5.75 Å². The molecule has 31 heavy (non-hydrogen) atoms. The van der Waals surface area contributed by atoms with Crippen LogP contribution in [0, 0.1) is 6.92 Å². The zero-order valence-electron chi connectivity index (χ0n) is 16.9. The number of hydrogen-bond donors (Lipinski definition) is 2. The fourth-order valence-corrected chi connectivity index (χ4v) is 3.29. The number of hydrogen-bond acceptors (Lipinski definition) is 4. The number of ether oxygens (including phenoxy) is 1. The van der Waals surface area contributed by atoms with Gasteiger partial charge in [0.2, 0.25) is 0 Å². The number of fused-ring (bicyclic) bond motifs is 1. The molecule has 0 saturated carbocycles. The number of amides is 1. The van der Waals surface area contributed by atoms with Crippen LogP contribution in [0.3, 0.4) is 0 Å². The summed E-state index contributed by atoms with van der Waals surface area (Å²) in [7, 11) is 0. The van der Waals surface area contributed by atoms with Crippen molar-refractivity contribution in [3.8, 4) is 11.4 Å². The monoisotopic (exact) mass is 415 g/mol. The molecule has 0 radical (unpaired) electrons. The molecule has 4 rings (SSSR count). The second-order valence-corrected chi connectivity index (χ2v) is 7.16. The normalized spacial score (nSPS) is 10.7. The highest BCUT2D eigenvalue weighted by molar-refractivity contribution is 5.87. The van der Waals surface area contributed by atoms with E-state index in [4.69, 9.17) is 9.84 Å². The topological polar surface area (TPSA) is 93.5 Å². The van der Waals surface area contributed by atoms with Crippen molar-refractivity contribution in [2.45, 2.75) is 20.1 Å². The van der Waals surface area contributed by atoms with Crippen molar-refractivity contribution < 1.29 is 14.6 Å². The molecule has 0 fully saturated rings. The number of benzene rings is 2. The van der Waals surface area contributed by atoms with Gasteiger partial charge in [0.1, 0.15) is 12.4 Å². The Morgan fingerprint density at radius 2 is 1.90 bits per heavy atom. The minimum atomic E-state index is -1.12. The molecule has 0 bridgehead atoms. The molecule has 1 amide bonds. The van der Waals surface area contributed by atoms with E-state index in [1.54, 1.807) is 29.0 Å². The van der Waals surface area contributed by atoms with Gasteiger partial charge in [0.05, 0.1) is 17.8 Å². The number of aromatic nitrogens is 2. The predicted octanol–water partition coefficient (Wildman–Crippen LogP) is 4.04. The first-order valence-electron chi connectivity index (χ1n) is 9.76. The van der Waals surface area contributed by atoms with Crippen LogP contribution >= 0.6 is 0 Å². The minimum absolute atomic E-state index is 0.0616. The highest BCUT2D eigenvalue weighted by atomic mass is 16.5. The van der Waals surface area contributed by atoms with Crippen LogP contribution in [-0.2, 0) is 13.2 Å². The molecule has 0 aliphatic heterocycles. The third-order valence-corrected chi connectivity index (χ3v) is 4.80. The Hall–Kier alpha value is -4.13. The van der Waals surface area contributed by atoms with E-state index < -0.39 is 6.09 Å². The summed E-state index contributed by atoms with van der Waals surface area (Å²) >= 11 is 0. The highest BCUT2D eigenvalue weighted by Gasteiger charge is 2.11. The summed E-state index contributed by atoms with van der Waals surface area (Å²) in [6, 6.07) is 20.3. The van der Waals surface area contributed by atoms with E-state index in [1.165, 1.54) is 6.07 Å². The van der Waals surface area contributed by atoms with Crippen molar-refractivity contribution in [3.05, 3.63) is 100 Å². The summed E-state index contributed by atoms with van der Waals surface area (Å²) in [5.41, 5.74) is 3.73. The SMILES string of the molecule is Cc1ccc(=O)n(-c2ccc3nc(CNC(=O)O)cc(OCc4ccccc4)c3c2)c1. The van der Waals surface area contributed by atoms with E-state index in [0.29, 0.717) is 29.3 Å². The maximum atomic E-state index is 12.4. The average Bonchev–Trinajstić information content (AvgIpc) is 2.78. The average molecular weight is 415 g/mol. The first-order valence-corrected chi connectivity index (χ1v) is 9.76. The maximum absolute atomic E-state index is 12.4. The van der Waals surface area contributed by atoms with Crippen LogP contribution in [0.15, 0.2) is 77.7 Å². The van der Waals surface area contributed by atoms with Gasteiger partial charge in [-0.3, -0.25) is 14.3 Å². The quantitative estimate of drug-likeness (QED) is 0.496. The van der Waals surface area contributed by atoms with Crippen LogP contribution in [0.2, 0.25) is 0 Å². The number of rotatable bonds is 6. The van der Waals surface area contributed by atoms with Gasteiger partial charge < -0.3 is 15.2 Å². The Kier molecular flexibility index (Phi) is 5.66. The molecule has 0 aliphatic rings. The highest BCUT2D eigenvalue weighted by Crippen LogP contribution is 2.28. The summed E-state index contributed by atoms with van der Waals surface area (Å²) in [6.45, 7) is 2.33. The summed E-state index contributed by atoms with van der Waals surface area (Å²) in [5, 5.41) is 12.0. The number of carboxylic acid groups (broad SMARTS) is 1. The Morgan fingerprint density at radius 1 is 1.10 bits per heavy atom. The van der Waals surface area contributed by atoms with Gasteiger partial charge in [-0.1, -0.05) is 36.4 Å².